The number of aromatic carboxylic acids is 1. The van der Waals surface area contributed by atoms with Gasteiger partial charge in [-0.15, -0.1) is 0 Å². The molecule has 0 aliphatic heterocycles. The number of anilines is 1. The normalized spacial score (nSPS) is 12.7. The quantitative estimate of drug-likeness (QED) is 0.812. The lowest BCUT2D eigenvalue weighted by Crippen LogP contribution is -2.36. The largest absolute Gasteiger partial charge is 0.478 e. The number of halogens is 3. The highest BCUT2D eigenvalue weighted by Gasteiger charge is 2.36. The highest BCUT2D eigenvalue weighted by molar-refractivity contribution is 7.89. The number of hydrogen-bond acceptors (Lipinski definition) is 4. The average Bonchev–Trinajstić information content (AvgIpc) is 2.25. The van der Waals surface area contributed by atoms with Crippen LogP contribution < -0.4 is 5.73 Å². The number of benzene rings is 1. The summed E-state index contributed by atoms with van der Waals surface area (Å²) in [5, 5.41) is 8.89. The van der Waals surface area contributed by atoms with Gasteiger partial charge in [0.15, 0.2) is 0 Å². The summed E-state index contributed by atoms with van der Waals surface area (Å²) in [5.41, 5.74) is 4.63. The molecule has 0 radical (unpaired) electrons. The Morgan fingerprint density at radius 2 is 1.95 bits per heavy atom. The van der Waals surface area contributed by atoms with Gasteiger partial charge in [-0.05, 0) is 18.2 Å². The molecule has 0 atom stereocenters. The summed E-state index contributed by atoms with van der Waals surface area (Å²) in [6.07, 6.45) is -4.74. The number of rotatable bonds is 4. The van der Waals surface area contributed by atoms with Crippen molar-refractivity contribution in [2.75, 3.05) is 19.3 Å². The molecule has 1 rings (SSSR count). The van der Waals surface area contributed by atoms with Crippen LogP contribution in [0.25, 0.3) is 0 Å². The van der Waals surface area contributed by atoms with Crippen LogP contribution in [0.4, 0.5) is 18.9 Å². The smallest absolute Gasteiger partial charge is 0.402 e. The predicted molar refractivity (Wildman–Crippen MR) is 63.7 cm³/mol. The Labute approximate surface area is 112 Å². The van der Waals surface area contributed by atoms with Gasteiger partial charge >= 0.3 is 12.1 Å². The van der Waals surface area contributed by atoms with Crippen LogP contribution in [0.15, 0.2) is 23.1 Å². The lowest BCUT2D eigenvalue weighted by molar-refractivity contribution is -0.134. The van der Waals surface area contributed by atoms with Crippen molar-refractivity contribution in [3.63, 3.8) is 0 Å². The summed E-state index contributed by atoms with van der Waals surface area (Å²) in [7, 11) is -3.91. The van der Waals surface area contributed by atoms with Crippen molar-refractivity contribution in [2.24, 2.45) is 0 Å². The van der Waals surface area contributed by atoms with Gasteiger partial charge in [0.1, 0.15) is 6.54 Å². The molecule has 0 bridgehead atoms. The number of carbonyl (C=O) groups is 1. The van der Waals surface area contributed by atoms with Gasteiger partial charge in [-0.1, -0.05) is 0 Å². The number of nitrogen functional groups attached to an aromatic ring is 1. The van der Waals surface area contributed by atoms with Crippen LogP contribution in [0.1, 0.15) is 10.4 Å². The first-order valence-electron chi connectivity index (χ1n) is 5.11. The molecule has 0 aliphatic rings. The minimum atomic E-state index is -4.74. The van der Waals surface area contributed by atoms with Crippen LogP contribution in [0.3, 0.4) is 0 Å². The van der Waals surface area contributed by atoms with E-state index in [4.69, 9.17) is 10.8 Å². The second kappa shape index (κ2) is 5.29. The van der Waals surface area contributed by atoms with Gasteiger partial charge in [0.25, 0.3) is 0 Å². The molecule has 0 unspecified atom stereocenters. The predicted octanol–water partition coefficient (Wildman–Crippen LogP) is 1.15. The molecule has 20 heavy (non-hydrogen) atoms. The maximum atomic E-state index is 12.2. The molecule has 112 valence electrons. The maximum Gasteiger partial charge on any atom is 0.402 e. The van der Waals surface area contributed by atoms with E-state index in [1.165, 1.54) is 0 Å². The summed E-state index contributed by atoms with van der Waals surface area (Å²) >= 11 is 0. The molecule has 0 aromatic heterocycles. The number of alkyl halides is 3. The van der Waals surface area contributed by atoms with Crippen molar-refractivity contribution in [3.05, 3.63) is 23.8 Å². The van der Waals surface area contributed by atoms with Crippen molar-refractivity contribution in [2.45, 2.75) is 11.1 Å². The minimum absolute atomic E-state index is 0.0220. The van der Waals surface area contributed by atoms with Crippen LogP contribution in [0.2, 0.25) is 0 Å². The van der Waals surface area contributed by atoms with Gasteiger partial charge < -0.3 is 10.8 Å². The molecule has 0 heterocycles. The molecule has 0 fully saturated rings. The standard InChI is InChI=1S/C10H11F3N2O4S/c1-15(5-10(11,12)13)20(18,19)8-4-6(14)2-3-7(8)9(16)17/h2-4H,5,14H2,1H3,(H,16,17). The van der Waals surface area contributed by atoms with E-state index in [0.717, 1.165) is 18.2 Å². The van der Waals surface area contributed by atoms with Gasteiger partial charge in [-0.3, -0.25) is 0 Å². The van der Waals surface area contributed by atoms with E-state index < -0.39 is 39.2 Å². The number of hydrogen-bond donors (Lipinski definition) is 2. The zero-order valence-electron chi connectivity index (χ0n) is 10.2. The van der Waals surface area contributed by atoms with Gasteiger partial charge in [-0.25, -0.2) is 13.2 Å². The Kier molecular flexibility index (Phi) is 4.30. The summed E-state index contributed by atoms with van der Waals surface area (Å²) in [6.45, 7) is -1.73. The lowest BCUT2D eigenvalue weighted by atomic mass is 10.2. The molecule has 0 saturated heterocycles. The number of nitrogens with zero attached hydrogens (tertiary/aromatic N) is 1. The SMILES string of the molecule is CN(CC(F)(F)F)S(=O)(=O)c1cc(N)ccc1C(=O)O. The summed E-state index contributed by atoms with van der Waals surface area (Å²) in [5.74, 6) is -1.58. The fraction of sp³-hybridized carbons (Fsp3) is 0.300. The first kappa shape index (κ1) is 16.2. The zero-order valence-corrected chi connectivity index (χ0v) is 11.0. The Bertz CT molecular complexity index is 628. The number of carboxylic acid groups (broad SMARTS) is 1. The molecule has 10 heteroatoms. The summed E-state index contributed by atoms with van der Waals surface area (Å²) in [4.78, 5) is 10.2. The van der Waals surface area contributed by atoms with Crippen LogP contribution in [-0.2, 0) is 10.0 Å². The van der Waals surface area contributed by atoms with Crippen LogP contribution in [-0.4, -0.2) is 43.6 Å². The molecular weight excluding hydrogens is 301 g/mol. The second-order valence-electron chi connectivity index (χ2n) is 3.94. The molecular formula is C10H11F3N2O4S. The zero-order chi connectivity index (χ0) is 15.7. The van der Waals surface area contributed by atoms with E-state index in [2.05, 4.69) is 0 Å². The van der Waals surface area contributed by atoms with E-state index in [0.29, 0.717) is 7.05 Å². The lowest BCUT2D eigenvalue weighted by Gasteiger charge is -2.20. The molecule has 6 nitrogen and oxygen atoms in total. The Balaban J connectivity index is 3.35. The first-order valence-corrected chi connectivity index (χ1v) is 6.55. The third kappa shape index (κ3) is 3.61. The van der Waals surface area contributed by atoms with Gasteiger partial charge in [0.05, 0.1) is 10.5 Å². The number of sulfonamides is 1. The molecule has 0 aliphatic carbocycles. The van der Waals surface area contributed by atoms with E-state index >= 15 is 0 Å². The molecule has 0 amide bonds. The molecule has 3 N–H and O–H groups in total. The first-order chi connectivity index (χ1) is 8.95. The van der Waals surface area contributed by atoms with Gasteiger partial charge in [0, 0.05) is 12.7 Å². The van der Waals surface area contributed by atoms with Crippen molar-refractivity contribution in [1.29, 1.82) is 0 Å². The van der Waals surface area contributed by atoms with Gasteiger partial charge in [-0.2, -0.15) is 17.5 Å². The minimum Gasteiger partial charge on any atom is -0.478 e. The van der Waals surface area contributed by atoms with Crippen molar-refractivity contribution in [3.8, 4) is 0 Å². The Hall–Kier alpha value is -1.81. The van der Waals surface area contributed by atoms with Crippen molar-refractivity contribution >= 4 is 21.7 Å². The maximum absolute atomic E-state index is 12.2. The van der Waals surface area contributed by atoms with Crippen molar-refractivity contribution in [1.82, 2.24) is 4.31 Å². The highest BCUT2D eigenvalue weighted by atomic mass is 32.2. The van der Waals surface area contributed by atoms with E-state index in [-0.39, 0.29) is 9.99 Å². The fourth-order valence-electron chi connectivity index (χ4n) is 1.43. The monoisotopic (exact) mass is 312 g/mol. The summed E-state index contributed by atoms with van der Waals surface area (Å²) in [6, 6.07) is 2.88. The van der Waals surface area contributed by atoms with Gasteiger partial charge in [0.2, 0.25) is 10.0 Å². The van der Waals surface area contributed by atoms with E-state index in [9.17, 15) is 26.4 Å². The Morgan fingerprint density at radius 3 is 2.40 bits per heavy atom. The average molecular weight is 312 g/mol. The number of carboxylic acids is 1. The molecule has 1 aromatic rings. The highest BCUT2D eigenvalue weighted by Crippen LogP contribution is 2.25. The fourth-order valence-corrected chi connectivity index (χ4v) is 2.80. The number of nitrogens with two attached hydrogens (primary N) is 1. The molecule has 0 spiro atoms. The Morgan fingerprint density at radius 1 is 1.40 bits per heavy atom. The summed E-state index contributed by atoms with van der Waals surface area (Å²) < 4.78 is 60.7. The van der Waals surface area contributed by atoms with E-state index in [1.54, 1.807) is 0 Å². The van der Waals surface area contributed by atoms with Crippen LogP contribution in [0, 0.1) is 0 Å². The van der Waals surface area contributed by atoms with Crippen LogP contribution >= 0.6 is 0 Å². The third-order valence-corrected chi connectivity index (χ3v) is 4.17. The second-order valence-corrected chi connectivity index (χ2v) is 5.95. The topological polar surface area (TPSA) is 101 Å². The van der Waals surface area contributed by atoms with E-state index in [1.807, 2.05) is 0 Å². The molecule has 1 aromatic carbocycles. The molecule has 0 saturated carbocycles. The van der Waals surface area contributed by atoms with Crippen LogP contribution in [0.5, 0.6) is 0 Å². The van der Waals surface area contributed by atoms with Crippen molar-refractivity contribution < 1.29 is 31.5 Å². The third-order valence-electron chi connectivity index (χ3n) is 2.33.